The molecule has 3 saturated carbocycles. The molecule has 3 fully saturated rings. The van der Waals surface area contributed by atoms with Gasteiger partial charge in [-0.2, -0.15) is 0 Å². The van der Waals surface area contributed by atoms with E-state index in [4.69, 9.17) is 6.57 Å². The van der Waals surface area contributed by atoms with Crippen molar-refractivity contribution in [2.75, 3.05) is 6.61 Å². The van der Waals surface area contributed by atoms with Gasteiger partial charge in [-0.25, -0.2) is 4.85 Å². The number of carbonyl (C=O) groups excluding carboxylic acids is 1. The molecule has 0 spiro atoms. The zero-order chi connectivity index (χ0) is 25.8. The van der Waals surface area contributed by atoms with E-state index in [9.17, 15) is 20.1 Å². The molecule has 5 aliphatic rings. The van der Waals surface area contributed by atoms with Crippen LogP contribution in [0, 0.1) is 51.4 Å². The van der Waals surface area contributed by atoms with Crippen LogP contribution in [-0.4, -0.2) is 39.4 Å². The van der Waals surface area contributed by atoms with Gasteiger partial charge in [-0.05, 0) is 73.0 Å². The third kappa shape index (κ3) is 2.83. The lowest BCUT2D eigenvalue weighted by Gasteiger charge is -2.73. The Kier molecular flexibility index (Phi) is 5.25. The zero-order valence-corrected chi connectivity index (χ0v) is 22.3. The van der Waals surface area contributed by atoms with Crippen LogP contribution in [0.15, 0.2) is 23.4 Å². The van der Waals surface area contributed by atoms with Gasteiger partial charge in [-0.1, -0.05) is 59.3 Å². The number of Topliss-reactive ketones (excluding diaryl/α,β-unsaturated/α-hetero) is 1. The average Bonchev–Trinajstić information content (AvgIpc) is 2.80. The van der Waals surface area contributed by atoms with E-state index in [0.717, 1.165) is 50.5 Å². The van der Waals surface area contributed by atoms with Crippen LogP contribution in [0.4, 0.5) is 0 Å². The average molecular weight is 482 g/mol. The van der Waals surface area contributed by atoms with E-state index in [1.165, 1.54) is 0 Å². The molecular formula is C30H43NO4. The van der Waals surface area contributed by atoms with E-state index < -0.39 is 22.5 Å². The van der Waals surface area contributed by atoms with Crippen molar-refractivity contribution < 1.29 is 20.1 Å². The number of aliphatic hydroxyl groups excluding tert-OH is 2. The van der Waals surface area contributed by atoms with Gasteiger partial charge in [0.15, 0.2) is 5.78 Å². The third-order valence-corrected chi connectivity index (χ3v) is 12.4. The van der Waals surface area contributed by atoms with Crippen LogP contribution in [0.3, 0.4) is 0 Å². The second kappa shape index (κ2) is 7.30. The molecule has 5 nitrogen and oxygen atoms in total. The summed E-state index contributed by atoms with van der Waals surface area (Å²) in [7, 11) is 0. The molecule has 3 N–H and O–H groups in total. The molecule has 5 heteroatoms. The molecule has 0 radical (unpaired) electrons. The predicted molar refractivity (Wildman–Crippen MR) is 135 cm³/mol. The smallest absolute Gasteiger partial charge is 0.226 e. The van der Waals surface area contributed by atoms with Crippen molar-refractivity contribution in [1.82, 2.24) is 0 Å². The summed E-state index contributed by atoms with van der Waals surface area (Å²) in [6.07, 6.45) is 8.66. The first kappa shape index (κ1) is 25.2. The molecule has 5 aliphatic carbocycles. The summed E-state index contributed by atoms with van der Waals surface area (Å²) in [5, 5.41) is 35.3. The van der Waals surface area contributed by atoms with Gasteiger partial charge < -0.3 is 20.1 Å². The van der Waals surface area contributed by atoms with Crippen LogP contribution in [0.2, 0.25) is 0 Å². The number of fused-ring (bicyclic) bond motifs is 7. The van der Waals surface area contributed by atoms with Crippen LogP contribution >= 0.6 is 0 Å². The molecule has 0 unspecified atom stereocenters. The number of aliphatic hydroxyl groups is 3. The summed E-state index contributed by atoms with van der Waals surface area (Å²) in [5.41, 5.74) is -1.87. The lowest BCUT2D eigenvalue weighted by Crippen LogP contribution is -2.75. The van der Waals surface area contributed by atoms with E-state index >= 15 is 0 Å². The first-order valence-corrected chi connectivity index (χ1v) is 13.5. The maximum atomic E-state index is 12.9. The summed E-state index contributed by atoms with van der Waals surface area (Å²) >= 11 is 0. The van der Waals surface area contributed by atoms with Gasteiger partial charge in [0.05, 0.1) is 6.57 Å². The SMILES string of the molecule is [C-]#[N+]C1=C[C@]2(C)C3=C[C@@H](O)[C@]4(O)[C@@H]5CC(C)(C)CC[C@]5(CO)CC[C@@]4(C)[C@]3(C)CC[C@H]2[C@H](C)C1=O. The first-order chi connectivity index (χ1) is 16.2. The van der Waals surface area contributed by atoms with Crippen molar-refractivity contribution in [3.05, 3.63) is 34.8 Å². The van der Waals surface area contributed by atoms with Crippen LogP contribution in [-0.2, 0) is 4.79 Å². The lowest BCUT2D eigenvalue weighted by molar-refractivity contribution is -0.291. The molecule has 0 saturated heterocycles. The zero-order valence-electron chi connectivity index (χ0n) is 22.3. The molecule has 5 rings (SSSR count). The van der Waals surface area contributed by atoms with Gasteiger partial charge >= 0.3 is 0 Å². The van der Waals surface area contributed by atoms with Crippen LogP contribution in [0.5, 0.6) is 0 Å². The van der Waals surface area contributed by atoms with Crippen molar-refractivity contribution in [2.24, 2.45) is 44.8 Å². The quantitative estimate of drug-likeness (QED) is 0.361. The van der Waals surface area contributed by atoms with E-state index in [1.54, 1.807) is 0 Å². The molecule has 0 bridgehead atoms. The highest BCUT2D eigenvalue weighted by Crippen LogP contribution is 2.75. The fourth-order valence-corrected chi connectivity index (χ4v) is 9.86. The van der Waals surface area contributed by atoms with E-state index in [1.807, 2.05) is 19.1 Å². The highest BCUT2D eigenvalue weighted by Gasteiger charge is 2.74. The Morgan fingerprint density at radius 3 is 2.37 bits per heavy atom. The van der Waals surface area contributed by atoms with Gasteiger partial charge in [0.2, 0.25) is 5.70 Å². The normalized spacial score (nSPS) is 52.6. The second-order valence-corrected chi connectivity index (χ2v) is 14.2. The number of nitrogens with zero attached hydrogens (tertiary/aromatic N) is 1. The van der Waals surface area contributed by atoms with E-state index in [2.05, 4.69) is 39.5 Å². The van der Waals surface area contributed by atoms with E-state index in [-0.39, 0.29) is 52.1 Å². The minimum Gasteiger partial charge on any atom is -0.396 e. The Balaban J connectivity index is 1.72. The Hall–Kier alpha value is -1.48. The molecule has 0 aromatic heterocycles. The van der Waals surface area contributed by atoms with E-state index in [0.29, 0.717) is 0 Å². The monoisotopic (exact) mass is 481 g/mol. The standard InChI is InChI=1S/C30H43NO4/c1-18-19-8-9-27(5)21(26(19,4)15-20(31-7)24(18)34)14-23(33)30(35)22-16-25(2,3)10-12-29(22,17-32)13-11-28(27,30)6/h14-15,18-19,22-23,32-33,35H,8-13,16-17H2,1-6H3/t18-,19-,22+,23+,26-,27+,28-,29+,30+/m0/s1. The largest absolute Gasteiger partial charge is 0.396 e. The molecule has 0 amide bonds. The Morgan fingerprint density at radius 1 is 1.09 bits per heavy atom. The van der Waals surface area contributed by atoms with Crippen LogP contribution in [0.1, 0.15) is 86.5 Å². The summed E-state index contributed by atoms with van der Waals surface area (Å²) < 4.78 is 0. The number of carbonyl (C=O) groups is 1. The molecule has 0 heterocycles. The molecular weight excluding hydrogens is 438 g/mol. The van der Waals surface area contributed by atoms with Crippen molar-refractivity contribution in [3.8, 4) is 0 Å². The Bertz CT molecular complexity index is 1070. The first-order valence-electron chi connectivity index (χ1n) is 13.5. The lowest BCUT2D eigenvalue weighted by atomic mass is 9.33. The molecule has 0 aliphatic heterocycles. The number of hydrogen-bond donors (Lipinski definition) is 3. The predicted octanol–water partition coefficient (Wildman–Crippen LogP) is 5.07. The van der Waals surface area contributed by atoms with Crippen molar-refractivity contribution in [3.63, 3.8) is 0 Å². The van der Waals surface area contributed by atoms with Crippen LogP contribution in [0.25, 0.3) is 4.85 Å². The van der Waals surface area contributed by atoms with Gasteiger partial charge in [0.25, 0.3) is 0 Å². The minimum absolute atomic E-state index is 0.0397. The second-order valence-electron chi connectivity index (χ2n) is 14.2. The Labute approximate surface area is 210 Å². The Morgan fingerprint density at radius 2 is 1.74 bits per heavy atom. The minimum atomic E-state index is -1.35. The van der Waals surface area contributed by atoms with Gasteiger partial charge in [-0.3, -0.25) is 0 Å². The van der Waals surface area contributed by atoms with Gasteiger partial charge in [-0.15, -0.1) is 0 Å². The number of hydrogen-bond acceptors (Lipinski definition) is 4. The summed E-state index contributed by atoms with van der Waals surface area (Å²) in [5.74, 6) is -0.423. The number of rotatable bonds is 1. The summed E-state index contributed by atoms with van der Waals surface area (Å²) in [6.45, 7) is 20.7. The van der Waals surface area contributed by atoms with Crippen LogP contribution < -0.4 is 0 Å². The topological polar surface area (TPSA) is 82.1 Å². The highest BCUT2D eigenvalue weighted by molar-refractivity contribution is 6.00. The fourth-order valence-electron chi connectivity index (χ4n) is 9.86. The van der Waals surface area contributed by atoms with Gasteiger partial charge in [0.1, 0.15) is 11.7 Å². The maximum absolute atomic E-state index is 12.9. The fraction of sp³-hybridized carbons (Fsp3) is 0.800. The van der Waals surface area contributed by atoms with Crippen molar-refractivity contribution in [1.29, 1.82) is 0 Å². The highest BCUT2D eigenvalue weighted by atomic mass is 16.3. The molecule has 35 heavy (non-hydrogen) atoms. The molecule has 0 aromatic rings. The number of allylic oxidation sites excluding steroid dienone is 3. The molecule has 192 valence electrons. The van der Waals surface area contributed by atoms with Crippen molar-refractivity contribution >= 4 is 5.78 Å². The molecule has 9 atom stereocenters. The van der Waals surface area contributed by atoms with Crippen molar-refractivity contribution in [2.45, 2.75) is 98.2 Å². The number of ketones is 1. The summed E-state index contributed by atoms with van der Waals surface area (Å²) in [4.78, 5) is 16.5. The third-order valence-electron chi connectivity index (χ3n) is 12.4. The molecule has 0 aromatic carbocycles. The van der Waals surface area contributed by atoms with Gasteiger partial charge in [0, 0.05) is 23.4 Å². The maximum Gasteiger partial charge on any atom is 0.226 e. The summed E-state index contributed by atoms with van der Waals surface area (Å²) in [6, 6.07) is 0.